The molecule has 0 amide bonds. The van der Waals surface area contributed by atoms with Crippen molar-refractivity contribution in [1.82, 2.24) is 4.31 Å². The average molecular weight is 383 g/mol. The summed E-state index contributed by atoms with van der Waals surface area (Å²) in [5.41, 5.74) is 1.88. The number of rotatable bonds is 7. The van der Waals surface area contributed by atoms with Crippen LogP contribution in [-0.2, 0) is 21.5 Å². The summed E-state index contributed by atoms with van der Waals surface area (Å²) < 4.78 is 34.0. The first-order valence-electron chi connectivity index (χ1n) is 7.81. The maximum Gasteiger partial charge on any atom is 0.341 e. The molecule has 0 atom stereocenters. The van der Waals surface area contributed by atoms with Gasteiger partial charge in [0.15, 0.2) is 0 Å². The summed E-state index contributed by atoms with van der Waals surface area (Å²) >= 11 is 1.23. The van der Waals surface area contributed by atoms with Crippen LogP contribution in [0.2, 0.25) is 0 Å². The molecule has 0 fully saturated rings. The Morgan fingerprint density at radius 1 is 1.24 bits per heavy atom. The van der Waals surface area contributed by atoms with Crippen LogP contribution in [0, 0.1) is 13.8 Å². The Balaban J connectivity index is 2.25. The summed E-state index contributed by atoms with van der Waals surface area (Å²) in [5.74, 6) is -0.521. The molecule has 2 rings (SSSR count). The largest absolute Gasteiger partial charge is 0.462 e. The quantitative estimate of drug-likeness (QED) is 0.745. The van der Waals surface area contributed by atoms with Gasteiger partial charge in [-0.1, -0.05) is 30.3 Å². The van der Waals surface area contributed by atoms with Crippen LogP contribution in [0.1, 0.15) is 33.3 Å². The van der Waals surface area contributed by atoms with E-state index in [1.165, 1.54) is 22.7 Å². The Labute approximate surface area is 152 Å². The number of benzene rings is 1. The number of thiophene rings is 1. The van der Waals surface area contributed by atoms with Gasteiger partial charge in [0.05, 0.1) is 12.2 Å². The summed E-state index contributed by atoms with van der Waals surface area (Å²) in [7, 11) is -2.31. The molecule has 0 spiro atoms. The smallest absolute Gasteiger partial charge is 0.341 e. The number of hydrogen-bond acceptors (Lipinski definition) is 5. The van der Waals surface area contributed by atoms with E-state index in [2.05, 4.69) is 4.72 Å². The number of aryl methyl sites for hydroxylation is 1. The molecule has 0 aliphatic heterocycles. The maximum atomic E-state index is 12.6. The van der Waals surface area contributed by atoms with E-state index in [1.807, 2.05) is 37.3 Å². The summed E-state index contributed by atoms with van der Waals surface area (Å²) in [5, 5.41) is 0.286. The lowest BCUT2D eigenvalue weighted by Gasteiger charge is -2.18. The lowest BCUT2D eigenvalue weighted by atomic mass is 10.2. The molecule has 0 radical (unpaired) electrons. The Morgan fingerprint density at radius 3 is 2.48 bits per heavy atom. The van der Waals surface area contributed by atoms with Gasteiger partial charge in [-0.05, 0) is 31.9 Å². The van der Waals surface area contributed by atoms with Crippen LogP contribution >= 0.6 is 11.3 Å². The minimum absolute atomic E-state index is 0.229. The zero-order chi connectivity index (χ0) is 18.6. The van der Waals surface area contributed by atoms with Crippen molar-refractivity contribution in [2.75, 3.05) is 18.4 Å². The molecular weight excluding hydrogens is 360 g/mol. The Hall–Kier alpha value is -1.90. The van der Waals surface area contributed by atoms with E-state index in [-0.39, 0.29) is 23.7 Å². The zero-order valence-corrected chi connectivity index (χ0v) is 16.3. The molecule has 0 bridgehead atoms. The third-order valence-electron chi connectivity index (χ3n) is 3.74. The van der Waals surface area contributed by atoms with Gasteiger partial charge in [0.25, 0.3) is 0 Å². The number of anilines is 1. The fourth-order valence-corrected chi connectivity index (χ4v) is 4.46. The standard InChI is InChI=1S/C17H22N2O4S2/c1-5-23-17(20)15-12(2)13(3)24-16(15)18-25(21,22)19(4)11-14-9-7-6-8-10-14/h6-10,18H,5,11H2,1-4H3. The Morgan fingerprint density at radius 2 is 1.88 bits per heavy atom. The van der Waals surface area contributed by atoms with Crippen molar-refractivity contribution in [3.8, 4) is 0 Å². The van der Waals surface area contributed by atoms with Crippen LogP contribution in [0.5, 0.6) is 0 Å². The number of ether oxygens (including phenoxy) is 1. The molecule has 0 aliphatic carbocycles. The SMILES string of the molecule is CCOC(=O)c1c(NS(=O)(=O)N(C)Cc2ccccc2)sc(C)c1C. The predicted molar refractivity (Wildman–Crippen MR) is 100 cm³/mol. The van der Waals surface area contributed by atoms with Gasteiger partial charge in [0.1, 0.15) is 5.00 Å². The number of hydrogen-bond donors (Lipinski definition) is 1. The second kappa shape index (κ2) is 7.99. The van der Waals surface area contributed by atoms with E-state index in [4.69, 9.17) is 4.74 Å². The van der Waals surface area contributed by atoms with Crippen LogP contribution in [-0.4, -0.2) is 32.3 Å². The number of nitrogens with zero attached hydrogens (tertiary/aromatic N) is 1. The van der Waals surface area contributed by atoms with Crippen LogP contribution in [0.25, 0.3) is 0 Å². The van der Waals surface area contributed by atoms with Crippen molar-refractivity contribution in [1.29, 1.82) is 0 Å². The molecule has 2 aromatic rings. The van der Waals surface area contributed by atoms with Gasteiger partial charge in [-0.3, -0.25) is 4.72 Å². The van der Waals surface area contributed by atoms with Gasteiger partial charge >= 0.3 is 16.2 Å². The molecule has 0 aliphatic rings. The molecule has 0 saturated heterocycles. The summed E-state index contributed by atoms with van der Waals surface area (Å²) in [6, 6.07) is 9.30. The van der Waals surface area contributed by atoms with Crippen molar-refractivity contribution in [2.45, 2.75) is 27.3 Å². The Kier molecular flexibility index (Phi) is 6.21. The van der Waals surface area contributed by atoms with E-state index in [0.717, 1.165) is 16.0 Å². The summed E-state index contributed by atoms with van der Waals surface area (Å²) in [4.78, 5) is 13.0. The van der Waals surface area contributed by atoms with Crippen LogP contribution < -0.4 is 4.72 Å². The third kappa shape index (κ3) is 4.59. The van der Waals surface area contributed by atoms with E-state index < -0.39 is 16.2 Å². The highest BCUT2D eigenvalue weighted by Gasteiger charge is 2.26. The molecule has 1 aromatic carbocycles. The molecular formula is C17H22N2O4S2. The van der Waals surface area contributed by atoms with Gasteiger partial charge in [0, 0.05) is 18.5 Å². The van der Waals surface area contributed by atoms with Crippen LogP contribution in [0.4, 0.5) is 5.00 Å². The minimum atomic E-state index is -3.80. The topological polar surface area (TPSA) is 75.7 Å². The molecule has 1 N–H and O–H groups in total. The zero-order valence-electron chi connectivity index (χ0n) is 14.7. The number of esters is 1. The van der Waals surface area contributed by atoms with E-state index in [9.17, 15) is 13.2 Å². The lowest BCUT2D eigenvalue weighted by molar-refractivity contribution is 0.0527. The fourth-order valence-electron chi connectivity index (χ4n) is 2.27. The van der Waals surface area contributed by atoms with Gasteiger partial charge < -0.3 is 4.74 Å². The van der Waals surface area contributed by atoms with Gasteiger partial charge in [0.2, 0.25) is 0 Å². The maximum absolute atomic E-state index is 12.6. The predicted octanol–water partition coefficient (Wildman–Crippen LogP) is 3.33. The van der Waals surface area contributed by atoms with Crippen molar-refractivity contribution < 1.29 is 17.9 Å². The molecule has 6 nitrogen and oxygen atoms in total. The first kappa shape index (κ1) is 19.4. The molecule has 25 heavy (non-hydrogen) atoms. The fraction of sp³-hybridized carbons (Fsp3) is 0.353. The highest BCUT2D eigenvalue weighted by atomic mass is 32.2. The van der Waals surface area contributed by atoms with Crippen molar-refractivity contribution >= 4 is 32.5 Å². The number of carbonyl (C=O) groups is 1. The van der Waals surface area contributed by atoms with Crippen molar-refractivity contribution in [2.24, 2.45) is 0 Å². The van der Waals surface area contributed by atoms with Gasteiger partial charge in [-0.2, -0.15) is 12.7 Å². The molecule has 1 heterocycles. The van der Waals surface area contributed by atoms with Gasteiger partial charge in [-0.15, -0.1) is 11.3 Å². The number of nitrogens with one attached hydrogen (secondary N) is 1. The highest BCUT2D eigenvalue weighted by molar-refractivity contribution is 7.90. The van der Waals surface area contributed by atoms with E-state index >= 15 is 0 Å². The van der Waals surface area contributed by atoms with Crippen LogP contribution in [0.15, 0.2) is 30.3 Å². The number of carbonyl (C=O) groups excluding carboxylic acids is 1. The second-order valence-electron chi connectivity index (χ2n) is 5.56. The molecule has 1 aromatic heterocycles. The second-order valence-corrected chi connectivity index (χ2v) is 8.56. The monoisotopic (exact) mass is 382 g/mol. The minimum Gasteiger partial charge on any atom is -0.462 e. The molecule has 136 valence electrons. The highest BCUT2D eigenvalue weighted by Crippen LogP contribution is 2.34. The van der Waals surface area contributed by atoms with Crippen molar-refractivity contribution in [3.63, 3.8) is 0 Å². The van der Waals surface area contributed by atoms with Gasteiger partial charge in [-0.25, -0.2) is 4.79 Å². The first-order valence-corrected chi connectivity index (χ1v) is 10.1. The molecule has 8 heteroatoms. The summed E-state index contributed by atoms with van der Waals surface area (Å²) in [6.45, 7) is 5.79. The molecule has 0 unspecified atom stereocenters. The van der Waals surface area contributed by atoms with E-state index in [1.54, 1.807) is 13.8 Å². The van der Waals surface area contributed by atoms with E-state index in [0.29, 0.717) is 0 Å². The Bertz CT molecular complexity index is 845. The van der Waals surface area contributed by atoms with Crippen molar-refractivity contribution in [3.05, 3.63) is 51.9 Å². The normalized spacial score (nSPS) is 11.6. The average Bonchev–Trinajstić information content (AvgIpc) is 2.82. The third-order valence-corrected chi connectivity index (χ3v) is 6.41. The molecule has 0 saturated carbocycles. The van der Waals surface area contributed by atoms with Crippen LogP contribution in [0.3, 0.4) is 0 Å². The summed E-state index contributed by atoms with van der Waals surface area (Å²) in [6.07, 6.45) is 0. The lowest BCUT2D eigenvalue weighted by Crippen LogP contribution is -2.32. The first-order chi connectivity index (χ1) is 11.8.